The van der Waals surface area contributed by atoms with E-state index < -0.39 is 10.0 Å². The molecule has 0 saturated heterocycles. The molecule has 0 aromatic rings. The minimum atomic E-state index is -2.93. The van der Waals surface area contributed by atoms with E-state index in [1.165, 1.54) is 7.05 Å². The summed E-state index contributed by atoms with van der Waals surface area (Å²) in [6.45, 7) is 1.96. The van der Waals surface area contributed by atoms with Gasteiger partial charge in [-0.05, 0) is 13.5 Å². The van der Waals surface area contributed by atoms with Gasteiger partial charge in [-0.25, -0.2) is 13.1 Å². The van der Waals surface area contributed by atoms with Crippen molar-refractivity contribution >= 4 is 39.6 Å². The van der Waals surface area contributed by atoms with Crippen molar-refractivity contribution in [2.75, 3.05) is 12.8 Å². The molecule has 0 heterocycles. The summed E-state index contributed by atoms with van der Waals surface area (Å²) in [7, 11) is -1.50. The van der Waals surface area contributed by atoms with Gasteiger partial charge in [0, 0.05) is 0 Å². The van der Waals surface area contributed by atoms with Crippen molar-refractivity contribution < 1.29 is 8.42 Å². The minimum absolute atomic E-state index is 0. The molecule has 0 aliphatic carbocycles. The fraction of sp³-hybridized carbons (Fsp3) is 1.00. The van der Waals surface area contributed by atoms with Gasteiger partial charge in [0.2, 0.25) is 10.0 Å². The summed E-state index contributed by atoms with van der Waals surface area (Å²) < 4.78 is 23.5. The van der Waals surface area contributed by atoms with E-state index in [-0.39, 0.29) is 35.3 Å². The summed E-state index contributed by atoms with van der Waals surface area (Å²) in [5.41, 5.74) is 0. The van der Waals surface area contributed by atoms with Gasteiger partial charge in [0.15, 0.2) is 0 Å². The van der Waals surface area contributed by atoms with Crippen molar-refractivity contribution in [3.63, 3.8) is 0 Å². The first-order valence-corrected chi connectivity index (χ1v) is 4.69. The van der Waals surface area contributed by atoms with Crippen LogP contribution in [0, 0.1) is 0 Å². The van der Waals surface area contributed by atoms with Crippen LogP contribution in [0.2, 0.25) is 0 Å². The molecule has 0 aromatic carbocycles. The third-order valence-electron chi connectivity index (χ3n) is 1.08. The molecule has 0 aliphatic heterocycles. The van der Waals surface area contributed by atoms with Crippen LogP contribution in [-0.4, -0.2) is 50.8 Å². The predicted molar refractivity (Wildman–Crippen MR) is 44.9 cm³/mol. The monoisotopic (exact) mass is 175 g/mol. The summed E-state index contributed by atoms with van der Waals surface area (Å²) >= 11 is 0. The molecule has 10 heavy (non-hydrogen) atoms. The molecule has 0 spiro atoms. The van der Waals surface area contributed by atoms with Gasteiger partial charge in [-0.1, -0.05) is 13.3 Å². The average molecular weight is 175 g/mol. The van der Waals surface area contributed by atoms with Gasteiger partial charge in [0.1, 0.15) is 0 Å². The number of sulfonamides is 1. The SMILES string of the molecule is CCCCS(=O)(=O)NC.[NaH]. The third-order valence-corrected chi connectivity index (χ3v) is 2.53. The molecule has 58 valence electrons. The third kappa shape index (κ3) is 7.02. The van der Waals surface area contributed by atoms with Crippen LogP contribution in [-0.2, 0) is 10.0 Å². The zero-order chi connectivity index (χ0) is 7.33. The summed E-state index contributed by atoms with van der Waals surface area (Å²) in [6, 6.07) is 0. The molecular formula is C5H14NNaO2S. The zero-order valence-corrected chi connectivity index (χ0v) is 6.66. The Morgan fingerprint density at radius 3 is 2.20 bits per heavy atom. The Balaban J connectivity index is 0. The number of rotatable bonds is 4. The Morgan fingerprint density at radius 2 is 1.90 bits per heavy atom. The van der Waals surface area contributed by atoms with Crippen molar-refractivity contribution in [2.24, 2.45) is 0 Å². The van der Waals surface area contributed by atoms with Crippen molar-refractivity contribution in [3.8, 4) is 0 Å². The van der Waals surface area contributed by atoms with Gasteiger partial charge in [-0.15, -0.1) is 0 Å². The molecule has 1 N–H and O–H groups in total. The number of unbranched alkanes of at least 4 members (excludes halogenated alkanes) is 1. The molecule has 0 atom stereocenters. The van der Waals surface area contributed by atoms with E-state index in [4.69, 9.17) is 0 Å². The Labute approximate surface area is 84.9 Å². The van der Waals surface area contributed by atoms with Crippen molar-refractivity contribution in [3.05, 3.63) is 0 Å². The van der Waals surface area contributed by atoms with E-state index in [0.29, 0.717) is 0 Å². The fourth-order valence-electron chi connectivity index (χ4n) is 0.436. The van der Waals surface area contributed by atoms with Crippen LogP contribution in [0.1, 0.15) is 19.8 Å². The summed E-state index contributed by atoms with van der Waals surface area (Å²) in [4.78, 5) is 0. The van der Waals surface area contributed by atoms with E-state index in [2.05, 4.69) is 4.72 Å². The van der Waals surface area contributed by atoms with E-state index in [1.807, 2.05) is 6.92 Å². The van der Waals surface area contributed by atoms with Crippen molar-refractivity contribution in [1.29, 1.82) is 0 Å². The van der Waals surface area contributed by atoms with Crippen LogP contribution < -0.4 is 4.72 Å². The van der Waals surface area contributed by atoms with Crippen LogP contribution in [0.15, 0.2) is 0 Å². The maximum absolute atomic E-state index is 10.6. The van der Waals surface area contributed by atoms with Gasteiger partial charge >= 0.3 is 29.6 Å². The van der Waals surface area contributed by atoms with Gasteiger partial charge < -0.3 is 0 Å². The molecule has 5 heteroatoms. The normalized spacial score (nSPS) is 10.6. The number of hydrogen-bond donors (Lipinski definition) is 1. The van der Waals surface area contributed by atoms with Gasteiger partial charge in [-0.2, -0.15) is 0 Å². The van der Waals surface area contributed by atoms with Crippen LogP contribution >= 0.6 is 0 Å². The molecule has 0 unspecified atom stereocenters. The first kappa shape index (κ1) is 13.5. The van der Waals surface area contributed by atoms with Gasteiger partial charge in [-0.3, -0.25) is 0 Å². The summed E-state index contributed by atoms with van der Waals surface area (Å²) in [5.74, 6) is 0.250. The molecule has 0 aliphatic rings. The van der Waals surface area contributed by atoms with E-state index in [9.17, 15) is 8.42 Å². The molecule has 0 saturated carbocycles. The first-order chi connectivity index (χ1) is 4.12. The molecule has 0 rings (SSSR count). The van der Waals surface area contributed by atoms with Gasteiger partial charge in [0.25, 0.3) is 0 Å². The Bertz CT molecular complexity index is 155. The molecule has 3 nitrogen and oxygen atoms in total. The molecular weight excluding hydrogens is 161 g/mol. The molecule has 0 bridgehead atoms. The van der Waals surface area contributed by atoms with Crippen LogP contribution in [0.25, 0.3) is 0 Å². The topological polar surface area (TPSA) is 46.2 Å². The first-order valence-electron chi connectivity index (χ1n) is 3.03. The summed E-state index contributed by atoms with van der Waals surface area (Å²) in [5, 5.41) is 0. The second kappa shape index (κ2) is 6.61. The predicted octanol–water partition coefficient (Wildman–Crippen LogP) is -0.313. The van der Waals surface area contributed by atoms with Crippen LogP contribution in [0.4, 0.5) is 0 Å². The fourth-order valence-corrected chi connectivity index (χ4v) is 1.31. The molecule has 0 fully saturated rings. The van der Waals surface area contributed by atoms with E-state index in [1.54, 1.807) is 0 Å². The van der Waals surface area contributed by atoms with Crippen LogP contribution in [0.3, 0.4) is 0 Å². The second-order valence-electron chi connectivity index (χ2n) is 1.88. The quantitative estimate of drug-likeness (QED) is 0.596. The average Bonchev–Trinajstić information content (AvgIpc) is 1.84. The summed E-state index contributed by atoms with van der Waals surface area (Å²) in [6.07, 6.45) is 1.66. The second-order valence-corrected chi connectivity index (χ2v) is 3.92. The van der Waals surface area contributed by atoms with E-state index >= 15 is 0 Å². The molecule has 0 aromatic heterocycles. The molecule has 0 radical (unpaired) electrons. The Kier molecular flexibility index (Phi) is 8.92. The van der Waals surface area contributed by atoms with E-state index in [0.717, 1.165) is 12.8 Å². The maximum atomic E-state index is 10.6. The Morgan fingerprint density at radius 1 is 1.40 bits per heavy atom. The van der Waals surface area contributed by atoms with Crippen LogP contribution in [0.5, 0.6) is 0 Å². The molecule has 0 amide bonds. The number of hydrogen-bond acceptors (Lipinski definition) is 2. The Hall–Kier alpha value is 0.910. The number of nitrogens with one attached hydrogen (secondary N) is 1. The standard InChI is InChI=1S/C5H13NO2S.Na.H/c1-3-4-5-9(7,8)6-2;;/h6H,3-5H2,1-2H3;;. The zero-order valence-electron chi connectivity index (χ0n) is 5.85. The van der Waals surface area contributed by atoms with Crippen molar-refractivity contribution in [2.45, 2.75) is 19.8 Å². The van der Waals surface area contributed by atoms with Crippen molar-refractivity contribution in [1.82, 2.24) is 4.72 Å². The van der Waals surface area contributed by atoms with Gasteiger partial charge in [0.05, 0.1) is 5.75 Å².